The van der Waals surface area contributed by atoms with Gasteiger partial charge in [0.2, 0.25) is 10.0 Å². The average Bonchev–Trinajstić information content (AvgIpc) is 3.21. The first-order valence-corrected chi connectivity index (χ1v) is 12.0. The number of rotatable bonds is 6. The van der Waals surface area contributed by atoms with Crippen LogP contribution >= 0.6 is 0 Å². The fraction of sp³-hybridized carbons (Fsp3) is 0.391. The van der Waals surface area contributed by atoms with Gasteiger partial charge in [0.15, 0.2) is 5.76 Å². The number of benzene rings is 1. The van der Waals surface area contributed by atoms with Gasteiger partial charge in [0.05, 0.1) is 16.2 Å². The Labute approximate surface area is 188 Å². The molecule has 0 atom stereocenters. The number of pyridine rings is 1. The highest BCUT2D eigenvalue weighted by atomic mass is 32.2. The normalized spacial score (nSPS) is 15.8. The Balaban J connectivity index is 1.67. The Kier molecular flexibility index (Phi) is 6.32. The number of nitrogen functional groups attached to an aromatic ring is 1. The smallest absolute Gasteiger partial charge is 0.243 e. The molecule has 2 aromatic heterocycles. The largest absolute Gasteiger partial charge is 0.384 e. The molecule has 0 unspecified atom stereocenters. The van der Waals surface area contributed by atoms with E-state index in [9.17, 15) is 8.42 Å². The Morgan fingerprint density at radius 3 is 2.56 bits per heavy atom. The summed E-state index contributed by atoms with van der Waals surface area (Å²) in [6.07, 6.45) is 3.25. The predicted octanol–water partition coefficient (Wildman–Crippen LogP) is 3.65. The molecule has 3 heterocycles. The van der Waals surface area contributed by atoms with Crippen molar-refractivity contribution in [1.29, 1.82) is 0 Å². The van der Waals surface area contributed by atoms with Gasteiger partial charge in [-0.1, -0.05) is 11.2 Å². The molecule has 32 heavy (non-hydrogen) atoms. The van der Waals surface area contributed by atoms with E-state index in [2.05, 4.69) is 10.1 Å². The number of anilines is 1. The molecule has 170 valence electrons. The van der Waals surface area contributed by atoms with Gasteiger partial charge in [0.1, 0.15) is 5.82 Å². The van der Waals surface area contributed by atoms with E-state index < -0.39 is 10.0 Å². The van der Waals surface area contributed by atoms with Crippen LogP contribution in [0.15, 0.2) is 45.9 Å². The lowest BCUT2D eigenvalue weighted by Crippen LogP contribution is -2.39. The SMILES string of the molecule is COCC1CCN(S(=O)(=O)c2ccc(C)c(-c3cnc(N)c(-c4cc(C)no4)c3)c2)CC1. The maximum absolute atomic E-state index is 13.3. The van der Waals surface area contributed by atoms with Crippen molar-refractivity contribution in [2.75, 3.05) is 32.5 Å². The summed E-state index contributed by atoms with van der Waals surface area (Å²) in [5.41, 5.74) is 9.91. The van der Waals surface area contributed by atoms with Crippen molar-refractivity contribution in [3.05, 3.63) is 47.8 Å². The monoisotopic (exact) mass is 456 g/mol. The Morgan fingerprint density at radius 2 is 1.91 bits per heavy atom. The van der Waals surface area contributed by atoms with E-state index in [0.717, 1.165) is 35.2 Å². The molecule has 8 nitrogen and oxygen atoms in total. The van der Waals surface area contributed by atoms with Gasteiger partial charge in [-0.15, -0.1) is 0 Å². The van der Waals surface area contributed by atoms with Crippen molar-refractivity contribution in [2.45, 2.75) is 31.6 Å². The third kappa shape index (κ3) is 4.41. The average molecular weight is 457 g/mol. The van der Waals surface area contributed by atoms with Crippen molar-refractivity contribution >= 4 is 15.8 Å². The molecule has 1 aliphatic heterocycles. The molecular formula is C23H28N4O4S. The summed E-state index contributed by atoms with van der Waals surface area (Å²) in [6, 6.07) is 8.86. The molecule has 1 saturated heterocycles. The van der Waals surface area contributed by atoms with Gasteiger partial charge >= 0.3 is 0 Å². The number of nitrogens with zero attached hydrogens (tertiary/aromatic N) is 3. The molecule has 2 N–H and O–H groups in total. The van der Waals surface area contributed by atoms with E-state index in [4.69, 9.17) is 15.0 Å². The van der Waals surface area contributed by atoms with Crippen molar-refractivity contribution < 1.29 is 17.7 Å². The summed E-state index contributed by atoms with van der Waals surface area (Å²) in [7, 11) is -1.92. The third-order valence-electron chi connectivity index (χ3n) is 5.95. The topological polar surface area (TPSA) is 112 Å². The maximum Gasteiger partial charge on any atom is 0.243 e. The zero-order chi connectivity index (χ0) is 22.9. The maximum atomic E-state index is 13.3. The van der Waals surface area contributed by atoms with E-state index in [-0.39, 0.29) is 4.90 Å². The second-order valence-corrected chi connectivity index (χ2v) is 10.2. The molecule has 0 aliphatic carbocycles. The summed E-state index contributed by atoms with van der Waals surface area (Å²) >= 11 is 0. The number of nitrogens with two attached hydrogens (primary N) is 1. The third-order valence-corrected chi connectivity index (χ3v) is 7.84. The molecule has 0 spiro atoms. The number of aryl methyl sites for hydroxylation is 2. The zero-order valence-electron chi connectivity index (χ0n) is 18.5. The zero-order valence-corrected chi connectivity index (χ0v) is 19.4. The number of sulfonamides is 1. The first kappa shape index (κ1) is 22.4. The molecule has 1 fully saturated rings. The van der Waals surface area contributed by atoms with Crippen molar-refractivity contribution in [2.24, 2.45) is 5.92 Å². The summed E-state index contributed by atoms with van der Waals surface area (Å²) in [5.74, 6) is 1.25. The van der Waals surface area contributed by atoms with Gasteiger partial charge in [-0.05, 0) is 61.9 Å². The van der Waals surface area contributed by atoms with E-state index in [1.807, 2.05) is 26.0 Å². The van der Waals surface area contributed by atoms with Crippen molar-refractivity contribution in [1.82, 2.24) is 14.4 Å². The first-order valence-electron chi connectivity index (χ1n) is 10.6. The molecule has 0 saturated carbocycles. The number of hydrogen-bond donors (Lipinski definition) is 1. The predicted molar refractivity (Wildman–Crippen MR) is 122 cm³/mol. The van der Waals surface area contributed by atoms with Gasteiger partial charge in [-0.3, -0.25) is 0 Å². The number of methoxy groups -OCH3 is 1. The van der Waals surface area contributed by atoms with Crippen LogP contribution in [0.25, 0.3) is 22.5 Å². The summed E-state index contributed by atoms with van der Waals surface area (Å²) in [5, 5.41) is 3.92. The van der Waals surface area contributed by atoms with Crippen molar-refractivity contribution in [3.8, 4) is 22.5 Å². The number of ether oxygens (including phenoxy) is 1. The lowest BCUT2D eigenvalue weighted by molar-refractivity contribution is 0.121. The lowest BCUT2D eigenvalue weighted by atomic mass is 9.99. The Hall–Kier alpha value is -2.75. The number of piperidine rings is 1. The molecule has 4 rings (SSSR count). The van der Waals surface area contributed by atoms with Gasteiger partial charge < -0.3 is 15.0 Å². The molecule has 0 bridgehead atoms. The summed E-state index contributed by atoms with van der Waals surface area (Å²) in [6.45, 7) is 5.43. The minimum atomic E-state index is -3.60. The minimum absolute atomic E-state index is 0.275. The fourth-order valence-corrected chi connectivity index (χ4v) is 5.58. The van der Waals surface area contributed by atoms with Crippen LogP contribution in [0.3, 0.4) is 0 Å². The van der Waals surface area contributed by atoms with Gasteiger partial charge in [0, 0.05) is 44.6 Å². The van der Waals surface area contributed by atoms with Gasteiger partial charge in [-0.25, -0.2) is 13.4 Å². The summed E-state index contributed by atoms with van der Waals surface area (Å²) in [4.78, 5) is 4.58. The summed E-state index contributed by atoms with van der Waals surface area (Å²) < 4.78 is 38.8. The first-order chi connectivity index (χ1) is 15.3. The fourth-order valence-electron chi connectivity index (χ4n) is 4.08. The highest BCUT2D eigenvalue weighted by molar-refractivity contribution is 7.89. The number of hydrogen-bond acceptors (Lipinski definition) is 7. The van der Waals surface area contributed by atoms with Crippen LogP contribution in [-0.4, -0.2) is 49.7 Å². The van der Waals surface area contributed by atoms with E-state index in [1.54, 1.807) is 35.8 Å². The lowest BCUT2D eigenvalue weighted by Gasteiger charge is -2.31. The molecule has 9 heteroatoms. The molecule has 1 aromatic carbocycles. The van der Waals surface area contributed by atoms with E-state index in [0.29, 0.717) is 42.8 Å². The van der Waals surface area contributed by atoms with Crippen LogP contribution < -0.4 is 5.73 Å². The van der Waals surface area contributed by atoms with Crippen LogP contribution in [0, 0.1) is 19.8 Å². The van der Waals surface area contributed by atoms with E-state index >= 15 is 0 Å². The minimum Gasteiger partial charge on any atom is -0.384 e. The quantitative estimate of drug-likeness (QED) is 0.602. The molecule has 0 radical (unpaired) electrons. The van der Waals surface area contributed by atoms with Gasteiger partial charge in [0.25, 0.3) is 0 Å². The standard InChI is InChI=1S/C23H28N4O4S/c1-15-4-5-19(32(28,29)27-8-6-17(7-9-27)14-30-3)12-20(15)18-11-21(23(24)25-13-18)22-10-16(2)26-31-22/h4-5,10-13,17H,6-9,14H2,1-3H3,(H2,24,25). The number of aromatic nitrogens is 2. The molecule has 1 aliphatic rings. The van der Waals surface area contributed by atoms with E-state index in [1.165, 1.54) is 0 Å². The molecule has 0 amide bonds. The van der Waals surface area contributed by atoms with Crippen LogP contribution in [0.2, 0.25) is 0 Å². The van der Waals surface area contributed by atoms with Crippen LogP contribution in [0.1, 0.15) is 24.1 Å². The highest BCUT2D eigenvalue weighted by Gasteiger charge is 2.30. The Bertz CT molecular complexity index is 1210. The van der Waals surface area contributed by atoms with Gasteiger partial charge in [-0.2, -0.15) is 4.31 Å². The van der Waals surface area contributed by atoms with Crippen molar-refractivity contribution in [3.63, 3.8) is 0 Å². The highest BCUT2D eigenvalue weighted by Crippen LogP contribution is 2.33. The second-order valence-electron chi connectivity index (χ2n) is 8.27. The van der Waals surface area contributed by atoms with Crippen LogP contribution in [0.4, 0.5) is 5.82 Å². The molecular weight excluding hydrogens is 428 g/mol. The second kappa shape index (κ2) is 9.01. The Morgan fingerprint density at radius 1 is 1.16 bits per heavy atom. The van der Waals surface area contributed by atoms with Crippen LogP contribution in [0.5, 0.6) is 0 Å². The van der Waals surface area contributed by atoms with Crippen LogP contribution in [-0.2, 0) is 14.8 Å². The molecule has 3 aromatic rings.